The van der Waals surface area contributed by atoms with Gasteiger partial charge < -0.3 is 14.8 Å². The van der Waals surface area contributed by atoms with Gasteiger partial charge in [0.25, 0.3) is 0 Å². The Morgan fingerprint density at radius 3 is 2.45 bits per heavy atom. The molecule has 1 aromatic rings. The number of esters is 2. The van der Waals surface area contributed by atoms with Crippen LogP contribution in [0.3, 0.4) is 0 Å². The molecule has 1 N–H and O–H groups in total. The molecule has 1 aliphatic rings. The molecule has 1 atom stereocenters. The lowest BCUT2D eigenvalue weighted by Crippen LogP contribution is -2.23. The highest BCUT2D eigenvalue weighted by Gasteiger charge is 2.24. The van der Waals surface area contributed by atoms with Crippen LogP contribution < -0.4 is 5.32 Å². The molecule has 0 aromatic heterocycles. The zero-order valence-corrected chi connectivity index (χ0v) is 12.0. The average molecular weight is 303 g/mol. The molecule has 0 spiro atoms. The van der Waals surface area contributed by atoms with Crippen molar-refractivity contribution < 1.29 is 23.9 Å². The van der Waals surface area contributed by atoms with E-state index in [0.717, 1.165) is 17.7 Å². The van der Waals surface area contributed by atoms with E-state index in [4.69, 9.17) is 9.47 Å². The van der Waals surface area contributed by atoms with E-state index in [-0.39, 0.29) is 25.0 Å². The fourth-order valence-corrected chi connectivity index (χ4v) is 1.95. The van der Waals surface area contributed by atoms with Gasteiger partial charge in [0.05, 0.1) is 5.92 Å². The highest BCUT2D eigenvalue weighted by Crippen LogP contribution is 2.09. The smallest absolute Gasteiger partial charge is 0.331 e. The summed E-state index contributed by atoms with van der Waals surface area (Å²) in [5.41, 5.74) is 0.860. The van der Waals surface area contributed by atoms with Crippen molar-refractivity contribution in [1.29, 1.82) is 0 Å². The second kappa shape index (κ2) is 7.97. The molecule has 1 saturated heterocycles. The van der Waals surface area contributed by atoms with Crippen LogP contribution >= 0.6 is 0 Å². The maximum absolute atomic E-state index is 11.5. The van der Waals surface area contributed by atoms with Gasteiger partial charge in [-0.05, 0) is 12.0 Å². The number of ether oxygens (including phenoxy) is 2. The summed E-state index contributed by atoms with van der Waals surface area (Å²) in [5.74, 6) is -1.71. The zero-order chi connectivity index (χ0) is 15.8. The maximum Gasteiger partial charge on any atom is 0.331 e. The Morgan fingerprint density at radius 1 is 1.14 bits per heavy atom. The van der Waals surface area contributed by atoms with Crippen molar-refractivity contribution in [3.63, 3.8) is 0 Å². The van der Waals surface area contributed by atoms with E-state index in [1.807, 2.05) is 30.3 Å². The van der Waals surface area contributed by atoms with Crippen molar-refractivity contribution in [2.75, 3.05) is 13.2 Å². The standard InChI is InChI=1S/C16H17NO5/c18-14(21-10-12-4-2-1-3-5-12)6-7-15(19)22-11-13-8-9-17-16(13)20/h1-7,13H,8-11H2,(H,17,20)/b7-6+. The molecule has 1 fully saturated rings. The summed E-state index contributed by atoms with van der Waals surface area (Å²) < 4.78 is 9.89. The average Bonchev–Trinajstić information content (AvgIpc) is 2.95. The first-order chi connectivity index (χ1) is 10.6. The van der Waals surface area contributed by atoms with E-state index in [1.165, 1.54) is 0 Å². The maximum atomic E-state index is 11.5. The summed E-state index contributed by atoms with van der Waals surface area (Å²) in [6, 6.07) is 9.22. The van der Waals surface area contributed by atoms with Gasteiger partial charge in [-0.1, -0.05) is 30.3 Å². The summed E-state index contributed by atoms with van der Waals surface area (Å²) in [4.78, 5) is 34.2. The van der Waals surface area contributed by atoms with Crippen LogP contribution in [0, 0.1) is 5.92 Å². The highest BCUT2D eigenvalue weighted by atomic mass is 16.5. The second-order valence-corrected chi connectivity index (χ2v) is 4.83. The van der Waals surface area contributed by atoms with E-state index in [2.05, 4.69) is 5.32 Å². The Morgan fingerprint density at radius 2 is 1.82 bits per heavy atom. The van der Waals surface area contributed by atoms with Crippen molar-refractivity contribution in [2.24, 2.45) is 5.92 Å². The Balaban J connectivity index is 1.68. The molecule has 1 aromatic carbocycles. The Bertz CT molecular complexity index is 567. The molecule has 2 rings (SSSR count). The Hall–Kier alpha value is -2.63. The van der Waals surface area contributed by atoms with Gasteiger partial charge >= 0.3 is 11.9 Å². The second-order valence-electron chi connectivity index (χ2n) is 4.83. The quantitative estimate of drug-likeness (QED) is 0.625. The van der Waals surface area contributed by atoms with E-state index in [0.29, 0.717) is 13.0 Å². The lowest BCUT2D eigenvalue weighted by molar-refractivity contribution is -0.142. The summed E-state index contributed by atoms with van der Waals surface area (Å²) in [5, 5.41) is 2.65. The van der Waals surface area contributed by atoms with E-state index >= 15 is 0 Å². The van der Waals surface area contributed by atoms with Gasteiger partial charge in [-0.3, -0.25) is 4.79 Å². The van der Waals surface area contributed by atoms with Gasteiger partial charge in [0.1, 0.15) is 13.2 Å². The van der Waals surface area contributed by atoms with Crippen LogP contribution in [0.5, 0.6) is 0 Å². The topological polar surface area (TPSA) is 81.7 Å². The van der Waals surface area contributed by atoms with Gasteiger partial charge in [-0.15, -0.1) is 0 Å². The highest BCUT2D eigenvalue weighted by molar-refractivity contribution is 5.91. The van der Waals surface area contributed by atoms with Crippen LogP contribution in [-0.2, 0) is 30.5 Å². The molecule has 22 heavy (non-hydrogen) atoms. The molecule has 116 valence electrons. The summed E-state index contributed by atoms with van der Waals surface area (Å²) in [6.45, 7) is 0.762. The van der Waals surface area contributed by atoms with Gasteiger partial charge in [0.2, 0.25) is 5.91 Å². The van der Waals surface area contributed by atoms with Gasteiger partial charge in [0, 0.05) is 18.7 Å². The van der Waals surface area contributed by atoms with Crippen molar-refractivity contribution in [1.82, 2.24) is 5.32 Å². The van der Waals surface area contributed by atoms with Gasteiger partial charge in [-0.2, -0.15) is 0 Å². The summed E-state index contributed by atoms with van der Waals surface area (Å²) >= 11 is 0. The van der Waals surface area contributed by atoms with Gasteiger partial charge in [-0.25, -0.2) is 9.59 Å². The van der Waals surface area contributed by atoms with Crippen LogP contribution in [0.1, 0.15) is 12.0 Å². The van der Waals surface area contributed by atoms with Crippen LogP contribution in [0.2, 0.25) is 0 Å². The number of rotatable bonds is 6. The van der Waals surface area contributed by atoms with Crippen molar-refractivity contribution in [3.05, 3.63) is 48.0 Å². The molecule has 6 nitrogen and oxygen atoms in total. The third kappa shape index (κ3) is 5.05. The summed E-state index contributed by atoms with van der Waals surface area (Å²) in [6.07, 6.45) is 2.66. The number of amides is 1. The molecule has 1 heterocycles. The molecular formula is C16H17NO5. The fourth-order valence-electron chi connectivity index (χ4n) is 1.95. The van der Waals surface area contributed by atoms with Crippen molar-refractivity contribution >= 4 is 17.8 Å². The molecular weight excluding hydrogens is 286 g/mol. The molecule has 6 heteroatoms. The number of benzene rings is 1. The predicted molar refractivity (Wildman–Crippen MR) is 77.5 cm³/mol. The Labute approximate surface area is 128 Å². The zero-order valence-electron chi connectivity index (χ0n) is 12.0. The SMILES string of the molecule is O=C(/C=C/C(=O)OCC1CCNC1=O)OCc1ccccc1. The van der Waals surface area contributed by atoms with E-state index in [1.54, 1.807) is 0 Å². The van der Waals surface area contributed by atoms with Crippen molar-refractivity contribution in [3.8, 4) is 0 Å². The first-order valence-corrected chi connectivity index (χ1v) is 6.98. The largest absolute Gasteiger partial charge is 0.462 e. The molecule has 0 aliphatic carbocycles. The third-order valence-corrected chi connectivity index (χ3v) is 3.17. The minimum absolute atomic E-state index is 0.0219. The van der Waals surface area contributed by atoms with Crippen LogP contribution in [0.25, 0.3) is 0 Å². The first-order valence-electron chi connectivity index (χ1n) is 6.98. The molecule has 0 bridgehead atoms. The molecule has 0 radical (unpaired) electrons. The third-order valence-electron chi connectivity index (χ3n) is 3.17. The minimum atomic E-state index is -0.670. The van der Waals surface area contributed by atoms with E-state index in [9.17, 15) is 14.4 Å². The number of hydrogen-bond acceptors (Lipinski definition) is 5. The van der Waals surface area contributed by atoms with Crippen LogP contribution in [0.4, 0.5) is 0 Å². The lowest BCUT2D eigenvalue weighted by atomic mass is 10.1. The normalized spacial score (nSPS) is 17.3. The van der Waals surface area contributed by atoms with E-state index < -0.39 is 11.9 Å². The number of carbonyl (C=O) groups excluding carboxylic acids is 3. The number of hydrogen-bond donors (Lipinski definition) is 1. The first kappa shape index (κ1) is 15.8. The molecule has 1 amide bonds. The van der Waals surface area contributed by atoms with Gasteiger partial charge in [0.15, 0.2) is 0 Å². The molecule has 1 unspecified atom stereocenters. The number of carbonyl (C=O) groups is 3. The predicted octanol–water partition coefficient (Wildman–Crippen LogP) is 0.965. The summed E-state index contributed by atoms with van der Waals surface area (Å²) in [7, 11) is 0. The van der Waals surface area contributed by atoms with Crippen molar-refractivity contribution in [2.45, 2.75) is 13.0 Å². The molecule has 1 aliphatic heterocycles. The molecule has 0 saturated carbocycles. The monoisotopic (exact) mass is 303 g/mol. The number of nitrogens with one attached hydrogen (secondary N) is 1. The lowest BCUT2D eigenvalue weighted by Gasteiger charge is -2.06. The Kier molecular flexibility index (Phi) is 5.71. The fraction of sp³-hybridized carbons (Fsp3) is 0.312. The van der Waals surface area contributed by atoms with Crippen LogP contribution in [0.15, 0.2) is 42.5 Å². The van der Waals surface area contributed by atoms with Crippen LogP contribution in [-0.4, -0.2) is 31.0 Å². The minimum Gasteiger partial charge on any atom is -0.462 e.